The summed E-state index contributed by atoms with van der Waals surface area (Å²) >= 11 is 0. The van der Waals surface area contributed by atoms with Gasteiger partial charge in [0.05, 0.1) is 0 Å². The van der Waals surface area contributed by atoms with Crippen LogP contribution in [-0.4, -0.2) is 0 Å². The van der Waals surface area contributed by atoms with E-state index >= 15 is 0 Å². The second-order valence-electron chi connectivity index (χ2n) is 2.20. The second-order valence-corrected chi connectivity index (χ2v) is 2.20. The van der Waals surface area contributed by atoms with Crippen molar-refractivity contribution < 1.29 is 5.11 Å². The van der Waals surface area contributed by atoms with Crippen molar-refractivity contribution in [2.24, 2.45) is 0 Å². The van der Waals surface area contributed by atoms with Gasteiger partial charge in [0.25, 0.3) is 0 Å². The van der Waals surface area contributed by atoms with E-state index in [1.807, 2.05) is 19.9 Å². The molecule has 0 spiro atoms. The minimum Gasteiger partial charge on any atom is -0.872 e. The fourth-order valence-electron chi connectivity index (χ4n) is 0.724. The van der Waals surface area contributed by atoms with Crippen molar-refractivity contribution in [1.82, 2.24) is 0 Å². The normalized spacial score (nSPS) is 9.56. The lowest BCUT2D eigenvalue weighted by molar-refractivity contribution is -0.269. The van der Waals surface area contributed by atoms with Crippen LogP contribution in [0, 0.1) is 13.8 Å². The van der Waals surface area contributed by atoms with E-state index in [0.29, 0.717) is 0 Å². The molecule has 0 aliphatic rings. The number of aryl methyl sites for hydroxylation is 1. The van der Waals surface area contributed by atoms with Gasteiger partial charge in [-0.05, 0) is 19.4 Å². The minimum absolute atomic E-state index is 0.134. The van der Waals surface area contributed by atoms with Crippen LogP contribution in [0.1, 0.15) is 11.1 Å². The number of hydrogen-bond donors (Lipinski definition) is 0. The summed E-state index contributed by atoms with van der Waals surface area (Å²) in [6.07, 6.45) is 0. The largest absolute Gasteiger partial charge is 0.872 e. The standard InChI is InChI=1S/C8H10O/c1-6-4-3-5-8(9)7(6)2/h3-5,9H,1-2H3/p-1. The van der Waals surface area contributed by atoms with E-state index in [-0.39, 0.29) is 5.75 Å². The third-order valence-electron chi connectivity index (χ3n) is 1.55. The molecule has 48 valence electrons. The van der Waals surface area contributed by atoms with Gasteiger partial charge in [0.15, 0.2) is 0 Å². The Kier molecular flexibility index (Phi) is 1.43. The second kappa shape index (κ2) is 2.09. The Hall–Kier alpha value is -0.980. The first-order valence-corrected chi connectivity index (χ1v) is 2.95. The van der Waals surface area contributed by atoms with E-state index in [4.69, 9.17) is 0 Å². The highest BCUT2D eigenvalue weighted by Gasteiger charge is 1.87. The van der Waals surface area contributed by atoms with E-state index in [0.717, 1.165) is 11.1 Å². The van der Waals surface area contributed by atoms with E-state index in [9.17, 15) is 5.11 Å². The van der Waals surface area contributed by atoms with Crippen LogP contribution in [0.5, 0.6) is 5.75 Å². The molecule has 0 aromatic heterocycles. The van der Waals surface area contributed by atoms with Gasteiger partial charge in [-0.3, -0.25) is 0 Å². The van der Waals surface area contributed by atoms with Crippen molar-refractivity contribution in [3.05, 3.63) is 29.3 Å². The van der Waals surface area contributed by atoms with Gasteiger partial charge in [0.2, 0.25) is 0 Å². The maximum atomic E-state index is 10.8. The van der Waals surface area contributed by atoms with Gasteiger partial charge < -0.3 is 5.11 Å². The highest BCUT2D eigenvalue weighted by molar-refractivity contribution is 5.35. The summed E-state index contributed by atoms with van der Waals surface area (Å²) in [5.74, 6) is 0.134. The Morgan fingerprint density at radius 3 is 2.33 bits per heavy atom. The molecule has 0 amide bonds. The van der Waals surface area contributed by atoms with Crippen LogP contribution >= 0.6 is 0 Å². The molecule has 0 saturated heterocycles. The lowest BCUT2D eigenvalue weighted by Gasteiger charge is -2.10. The van der Waals surface area contributed by atoms with Crippen LogP contribution < -0.4 is 5.11 Å². The third-order valence-corrected chi connectivity index (χ3v) is 1.55. The SMILES string of the molecule is Cc1cccc([O-])c1C. The molecule has 1 aromatic rings. The smallest absolute Gasteiger partial charge is 0.0395 e. The molecule has 0 fully saturated rings. The zero-order valence-electron chi connectivity index (χ0n) is 5.64. The predicted molar refractivity (Wildman–Crippen MR) is 35.4 cm³/mol. The molecule has 0 bridgehead atoms. The van der Waals surface area contributed by atoms with E-state index in [1.165, 1.54) is 0 Å². The van der Waals surface area contributed by atoms with Crippen LogP contribution in [0.25, 0.3) is 0 Å². The van der Waals surface area contributed by atoms with Crippen LogP contribution in [-0.2, 0) is 0 Å². The molecule has 0 N–H and O–H groups in total. The number of rotatable bonds is 0. The minimum atomic E-state index is 0.134. The van der Waals surface area contributed by atoms with E-state index in [1.54, 1.807) is 12.1 Å². The maximum absolute atomic E-state index is 10.8. The summed E-state index contributed by atoms with van der Waals surface area (Å²) in [5.41, 5.74) is 1.93. The quantitative estimate of drug-likeness (QED) is 0.508. The highest BCUT2D eigenvalue weighted by atomic mass is 16.3. The number of hydrogen-bond acceptors (Lipinski definition) is 1. The molecule has 9 heavy (non-hydrogen) atoms. The molecule has 0 aliphatic carbocycles. The summed E-state index contributed by atoms with van der Waals surface area (Å²) in [4.78, 5) is 0. The molecule has 0 heterocycles. The van der Waals surface area contributed by atoms with Gasteiger partial charge >= 0.3 is 0 Å². The summed E-state index contributed by atoms with van der Waals surface area (Å²) < 4.78 is 0. The molecule has 0 saturated carbocycles. The Morgan fingerprint density at radius 1 is 1.22 bits per heavy atom. The van der Waals surface area contributed by atoms with Crippen molar-refractivity contribution in [2.45, 2.75) is 13.8 Å². The third kappa shape index (κ3) is 1.04. The Labute approximate surface area is 55.0 Å². The fraction of sp³-hybridized carbons (Fsp3) is 0.250. The monoisotopic (exact) mass is 121 g/mol. The van der Waals surface area contributed by atoms with Gasteiger partial charge in [-0.2, -0.15) is 0 Å². The van der Waals surface area contributed by atoms with E-state index in [2.05, 4.69) is 0 Å². The summed E-state index contributed by atoms with van der Waals surface area (Å²) in [6, 6.07) is 5.31. The Morgan fingerprint density at radius 2 is 1.89 bits per heavy atom. The van der Waals surface area contributed by atoms with Gasteiger partial charge in [0.1, 0.15) is 0 Å². The summed E-state index contributed by atoms with van der Waals surface area (Å²) in [5, 5.41) is 10.8. The van der Waals surface area contributed by atoms with Crippen LogP contribution in [0.4, 0.5) is 0 Å². The molecule has 1 heteroatoms. The highest BCUT2D eigenvalue weighted by Crippen LogP contribution is 2.14. The molecule has 0 radical (unpaired) electrons. The predicted octanol–water partition coefficient (Wildman–Crippen LogP) is 1.38. The first-order chi connectivity index (χ1) is 4.22. The molecule has 1 aromatic carbocycles. The van der Waals surface area contributed by atoms with Crippen LogP contribution in [0.15, 0.2) is 18.2 Å². The molecule has 0 atom stereocenters. The van der Waals surface area contributed by atoms with E-state index < -0.39 is 0 Å². The molecule has 0 unspecified atom stereocenters. The molecular weight excluding hydrogens is 112 g/mol. The van der Waals surface area contributed by atoms with Crippen LogP contribution in [0.2, 0.25) is 0 Å². The first kappa shape index (κ1) is 6.14. The van der Waals surface area contributed by atoms with Gasteiger partial charge in [-0.25, -0.2) is 0 Å². The zero-order valence-corrected chi connectivity index (χ0v) is 5.64. The lowest BCUT2D eigenvalue weighted by atomic mass is 10.1. The molecule has 1 nitrogen and oxygen atoms in total. The van der Waals surface area contributed by atoms with Gasteiger partial charge in [-0.15, -0.1) is 5.75 Å². The van der Waals surface area contributed by atoms with Crippen molar-refractivity contribution in [3.63, 3.8) is 0 Å². The Bertz CT molecular complexity index is 196. The first-order valence-electron chi connectivity index (χ1n) is 2.95. The average molecular weight is 121 g/mol. The van der Waals surface area contributed by atoms with Crippen molar-refractivity contribution in [3.8, 4) is 5.75 Å². The van der Waals surface area contributed by atoms with Crippen molar-refractivity contribution in [1.29, 1.82) is 0 Å². The number of benzene rings is 1. The van der Waals surface area contributed by atoms with Crippen molar-refractivity contribution in [2.75, 3.05) is 0 Å². The lowest BCUT2D eigenvalue weighted by Crippen LogP contribution is -1.93. The fourth-order valence-corrected chi connectivity index (χ4v) is 0.724. The average Bonchev–Trinajstić information content (AvgIpc) is 1.83. The molecule has 0 aliphatic heterocycles. The molecule has 1 rings (SSSR count). The Balaban J connectivity index is 3.25. The summed E-state index contributed by atoms with van der Waals surface area (Å²) in [6.45, 7) is 3.79. The van der Waals surface area contributed by atoms with Crippen LogP contribution in [0.3, 0.4) is 0 Å². The van der Waals surface area contributed by atoms with Gasteiger partial charge in [0, 0.05) is 0 Å². The zero-order chi connectivity index (χ0) is 6.85. The van der Waals surface area contributed by atoms with Crippen molar-refractivity contribution >= 4 is 0 Å². The maximum Gasteiger partial charge on any atom is -0.0395 e. The van der Waals surface area contributed by atoms with Gasteiger partial charge in [-0.1, -0.05) is 23.8 Å². The topological polar surface area (TPSA) is 23.1 Å². The molecular formula is C8H9O-. The summed E-state index contributed by atoms with van der Waals surface area (Å²) in [7, 11) is 0.